The number of hydrogen-bond donors (Lipinski definition) is 4. The molecule has 0 bridgehead atoms. The summed E-state index contributed by atoms with van der Waals surface area (Å²) in [6.45, 7) is 2.42. The van der Waals surface area contributed by atoms with Crippen LogP contribution >= 0.6 is 34.8 Å². The summed E-state index contributed by atoms with van der Waals surface area (Å²) in [6.07, 6.45) is 9.56. The molecule has 5 nitrogen and oxygen atoms in total. The molecular formula is C23H19Cl3N4O. The SMILES string of the molecule is CCNC(=O)c1[nH]cc(-c2c[nH]c3c2=CC(Cl)C(Cl)C=3)c1-c1c[nH]c2ccc(Cl)cc12. The first kappa shape index (κ1) is 20.3. The summed E-state index contributed by atoms with van der Waals surface area (Å²) >= 11 is 19.0. The van der Waals surface area contributed by atoms with Crippen LogP contribution in [-0.2, 0) is 0 Å². The lowest BCUT2D eigenvalue weighted by Crippen LogP contribution is -2.33. The van der Waals surface area contributed by atoms with Crippen LogP contribution in [0.3, 0.4) is 0 Å². The fraction of sp³-hybridized carbons (Fsp3) is 0.174. The third kappa shape index (κ3) is 3.37. The number of aromatic amines is 3. The number of H-pyrrole nitrogens is 3. The molecule has 3 aromatic heterocycles. The molecule has 0 saturated heterocycles. The zero-order chi connectivity index (χ0) is 21.7. The van der Waals surface area contributed by atoms with Crippen LogP contribution in [-0.4, -0.2) is 38.2 Å². The molecule has 2 unspecified atom stereocenters. The maximum Gasteiger partial charge on any atom is 0.268 e. The normalized spacial score (nSPS) is 17.8. The zero-order valence-electron chi connectivity index (χ0n) is 16.5. The lowest BCUT2D eigenvalue weighted by molar-refractivity contribution is 0.0952. The van der Waals surface area contributed by atoms with E-state index in [1.165, 1.54) is 0 Å². The lowest BCUT2D eigenvalue weighted by atomic mass is 9.95. The van der Waals surface area contributed by atoms with Gasteiger partial charge in [-0.05, 0) is 31.2 Å². The summed E-state index contributed by atoms with van der Waals surface area (Å²) in [5, 5.41) is 5.74. The molecule has 0 aliphatic heterocycles. The van der Waals surface area contributed by atoms with Gasteiger partial charge in [-0.15, -0.1) is 23.2 Å². The van der Waals surface area contributed by atoms with Crippen LogP contribution in [0.25, 0.3) is 45.3 Å². The molecule has 8 heteroatoms. The second-order valence-corrected chi connectivity index (χ2v) is 8.90. The molecule has 1 aliphatic rings. The summed E-state index contributed by atoms with van der Waals surface area (Å²) < 4.78 is 0. The zero-order valence-corrected chi connectivity index (χ0v) is 18.8. The number of hydrogen-bond acceptors (Lipinski definition) is 1. The van der Waals surface area contributed by atoms with Gasteiger partial charge in [0.2, 0.25) is 0 Å². The highest BCUT2D eigenvalue weighted by Gasteiger charge is 2.24. The molecule has 2 atom stereocenters. The Labute approximate surface area is 193 Å². The monoisotopic (exact) mass is 472 g/mol. The number of halogens is 3. The Bertz CT molecular complexity index is 1430. The highest BCUT2D eigenvalue weighted by molar-refractivity contribution is 6.35. The number of nitrogens with one attached hydrogen (secondary N) is 4. The number of amides is 1. The first-order valence-corrected chi connectivity index (χ1v) is 11.2. The molecule has 4 N–H and O–H groups in total. The summed E-state index contributed by atoms with van der Waals surface area (Å²) in [5.41, 5.74) is 4.95. The van der Waals surface area contributed by atoms with Crippen molar-refractivity contribution in [3.8, 4) is 22.3 Å². The van der Waals surface area contributed by atoms with E-state index in [4.69, 9.17) is 34.8 Å². The van der Waals surface area contributed by atoms with E-state index in [-0.39, 0.29) is 16.7 Å². The molecule has 158 valence electrons. The number of fused-ring (bicyclic) bond motifs is 2. The van der Waals surface area contributed by atoms with Crippen molar-refractivity contribution in [2.24, 2.45) is 0 Å². The minimum absolute atomic E-state index is 0.170. The van der Waals surface area contributed by atoms with Crippen molar-refractivity contribution < 1.29 is 4.79 Å². The second-order valence-electron chi connectivity index (χ2n) is 7.46. The summed E-state index contributed by atoms with van der Waals surface area (Å²) in [6, 6.07) is 5.67. The Morgan fingerprint density at radius 1 is 1.00 bits per heavy atom. The van der Waals surface area contributed by atoms with Crippen LogP contribution in [0.1, 0.15) is 17.4 Å². The van der Waals surface area contributed by atoms with Crippen molar-refractivity contribution in [2.45, 2.75) is 17.7 Å². The number of benzene rings is 1. The molecule has 31 heavy (non-hydrogen) atoms. The highest BCUT2D eigenvalue weighted by atomic mass is 35.5. The lowest BCUT2D eigenvalue weighted by Gasteiger charge is -2.11. The summed E-state index contributed by atoms with van der Waals surface area (Å²) in [5.74, 6) is -0.170. The van der Waals surface area contributed by atoms with Gasteiger partial charge < -0.3 is 20.3 Å². The Morgan fingerprint density at radius 2 is 1.74 bits per heavy atom. The third-order valence-electron chi connectivity index (χ3n) is 5.56. The van der Waals surface area contributed by atoms with Gasteiger partial charge in [-0.2, -0.15) is 0 Å². The largest absolute Gasteiger partial charge is 0.361 e. The van der Waals surface area contributed by atoms with Crippen molar-refractivity contribution in [3.05, 3.63) is 58.1 Å². The Morgan fingerprint density at radius 3 is 2.55 bits per heavy atom. The van der Waals surface area contributed by atoms with Crippen LogP contribution in [0.15, 0.2) is 36.8 Å². The van der Waals surface area contributed by atoms with Gasteiger partial charge >= 0.3 is 0 Å². The molecule has 4 aromatic rings. The van der Waals surface area contributed by atoms with Crippen LogP contribution in [0.5, 0.6) is 0 Å². The maximum absolute atomic E-state index is 12.9. The van der Waals surface area contributed by atoms with E-state index in [1.54, 1.807) is 0 Å². The van der Waals surface area contributed by atoms with Gasteiger partial charge in [-0.3, -0.25) is 4.79 Å². The summed E-state index contributed by atoms with van der Waals surface area (Å²) in [4.78, 5) is 22.6. The van der Waals surface area contributed by atoms with Crippen molar-refractivity contribution in [3.63, 3.8) is 0 Å². The van der Waals surface area contributed by atoms with Gasteiger partial charge in [0, 0.05) is 73.9 Å². The van der Waals surface area contributed by atoms with Crippen molar-refractivity contribution in [2.75, 3.05) is 6.54 Å². The molecule has 1 aliphatic carbocycles. The number of rotatable bonds is 4. The van der Waals surface area contributed by atoms with E-state index >= 15 is 0 Å². The van der Waals surface area contributed by atoms with E-state index in [1.807, 2.05) is 55.9 Å². The number of carbonyl (C=O) groups excluding carboxylic acids is 1. The predicted molar refractivity (Wildman–Crippen MR) is 128 cm³/mol. The predicted octanol–water partition coefficient (Wildman–Crippen LogP) is 4.35. The minimum atomic E-state index is -0.319. The molecule has 0 spiro atoms. The summed E-state index contributed by atoms with van der Waals surface area (Å²) in [7, 11) is 0. The average Bonchev–Trinajstić information content (AvgIpc) is 3.44. The Kier molecular flexibility index (Phi) is 5.13. The number of carbonyl (C=O) groups is 1. The van der Waals surface area contributed by atoms with Crippen LogP contribution in [0.4, 0.5) is 0 Å². The van der Waals surface area contributed by atoms with Crippen molar-refractivity contribution in [1.82, 2.24) is 20.3 Å². The molecule has 1 aromatic carbocycles. The standard InChI is InChI=1S/C23H19Cl3N4O/c1-2-27-23(31)22-21(15-9-28-19-4-3-11(24)5-12(15)19)16(10-30-22)14-8-29-20-7-18(26)17(25)6-13(14)20/h3-10,17-18,28-30H,2H2,1H3,(H,27,31). The first-order chi connectivity index (χ1) is 15.0. The van der Waals surface area contributed by atoms with Gasteiger partial charge in [-0.25, -0.2) is 0 Å². The van der Waals surface area contributed by atoms with E-state index in [0.717, 1.165) is 43.7 Å². The first-order valence-electron chi connectivity index (χ1n) is 9.94. The van der Waals surface area contributed by atoms with Crippen molar-refractivity contribution in [1.29, 1.82) is 0 Å². The Hall–Kier alpha value is -2.60. The second kappa shape index (κ2) is 7.83. The fourth-order valence-corrected chi connectivity index (χ4v) is 4.71. The third-order valence-corrected chi connectivity index (χ3v) is 6.72. The van der Waals surface area contributed by atoms with E-state index in [2.05, 4.69) is 20.3 Å². The van der Waals surface area contributed by atoms with Gasteiger partial charge in [0.05, 0.1) is 10.8 Å². The molecule has 0 saturated carbocycles. The van der Waals surface area contributed by atoms with Gasteiger partial charge in [-0.1, -0.05) is 17.7 Å². The smallest absolute Gasteiger partial charge is 0.268 e. The van der Waals surface area contributed by atoms with Crippen LogP contribution < -0.4 is 15.9 Å². The number of alkyl halides is 2. The fourth-order valence-electron chi connectivity index (χ4n) is 4.14. The van der Waals surface area contributed by atoms with Gasteiger partial charge in [0.15, 0.2) is 0 Å². The molecule has 1 amide bonds. The van der Waals surface area contributed by atoms with Crippen LogP contribution in [0.2, 0.25) is 5.02 Å². The molecule has 0 fully saturated rings. The molecule has 0 radical (unpaired) electrons. The van der Waals surface area contributed by atoms with Crippen molar-refractivity contribution >= 4 is 63.8 Å². The highest BCUT2D eigenvalue weighted by Crippen LogP contribution is 2.38. The molecular weight excluding hydrogens is 455 g/mol. The quantitative estimate of drug-likeness (QED) is 0.327. The van der Waals surface area contributed by atoms with Gasteiger partial charge in [0.25, 0.3) is 5.91 Å². The molecule has 5 rings (SSSR count). The minimum Gasteiger partial charge on any atom is -0.361 e. The number of aromatic nitrogens is 3. The van der Waals surface area contributed by atoms with E-state index in [0.29, 0.717) is 17.3 Å². The van der Waals surface area contributed by atoms with Crippen LogP contribution in [0, 0.1) is 0 Å². The van der Waals surface area contributed by atoms with E-state index < -0.39 is 0 Å². The van der Waals surface area contributed by atoms with E-state index in [9.17, 15) is 4.79 Å². The van der Waals surface area contributed by atoms with Gasteiger partial charge in [0.1, 0.15) is 5.69 Å². The maximum atomic E-state index is 12.9. The average molecular weight is 474 g/mol. The Balaban J connectivity index is 1.80. The molecule has 3 heterocycles. The topological polar surface area (TPSA) is 76.5 Å².